The van der Waals surface area contributed by atoms with Crippen LogP contribution in [0.15, 0.2) is 107 Å². The Morgan fingerprint density at radius 3 is 2.29 bits per heavy atom. The highest BCUT2D eigenvalue weighted by molar-refractivity contribution is 14.1. The van der Waals surface area contributed by atoms with Gasteiger partial charge in [0.15, 0.2) is 11.5 Å². The van der Waals surface area contributed by atoms with Gasteiger partial charge in [0.2, 0.25) is 11.8 Å². The highest BCUT2D eigenvalue weighted by Gasteiger charge is 2.70. The van der Waals surface area contributed by atoms with Gasteiger partial charge in [-0.1, -0.05) is 75.6 Å². The SMILES string of the molecule is COc1cc(Br)cc(C2C3=CCC4C(=O)N(c5ccc(I)cc5)C(=O)C4C3CC3C(=O)N(Nc4ccc(C)cc4)C(=O)C32c2ccccc2)c1O. The van der Waals surface area contributed by atoms with Crippen molar-refractivity contribution in [2.75, 3.05) is 17.4 Å². The molecule has 6 atom stereocenters. The summed E-state index contributed by atoms with van der Waals surface area (Å²) in [6, 6.07) is 27.3. The molecule has 0 bridgehead atoms. The molecular formula is C40H33BrIN3O6. The molecule has 4 amide bonds. The Bertz CT molecular complexity index is 2140. The van der Waals surface area contributed by atoms with Crippen LogP contribution in [-0.4, -0.2) is 40.9 Å². The lowest BCUT2D eigenvalue weighted by Crippen LogP contribution is -2.53. The number of allylic oxidation sites excluding steroid dienone is 2. The maximum Gasteiger partial charge on any atom is 0.260 e. The Balaban J connectivity index is 1.35. The van der Waals surface area contributed by atoms with Gasteiger partial charge in [-0.25, -0.2) is 0 Å². The summed E-state index contributed by atoms with van der Waals surface area (Å²) in [6.45, 7) is 1.95. The second-order valence-electron chi connectivity index (χ2n) is 13.6. The average molecular weight is 859 g/mol. The fourth-order valence-electron chi connectivity index (χ4n) is 8.91. The summed E-state index contributed by atoms with van der Waals surface area (Å²) in [7, 11) is 1.45. The van der Waals surface area contributed by atoms with E-state index in [9.17, 15) is 19.5 Å². The quantitative estimate of drug-likeness (QED) is 0.119. The number of anilines is 2. The molecule has 8 rings (SSSR count). The number of hydrogen-bond donors (Lipinski definition) is 2. The van der Waals surface area contributed by atoms with Crippen molar-refractivity contribution < 1.29 is 29.0 Å². The van der Waals surface area contributed by atoms with Crippen molar-refractivity contribution in [2.24, 2.45) is 23.7 Å². The Labute approximate surface area is 316 Å². The molecule has 0 radical (unpaired) electrons. The number of nitrogens with one attached hydrogen (secondary N) is 1. The molecular weight excluding hydrogens is 825 g/mol. The van der Waals surface area contributed by atoms with Crippen LogP contribution in [-0.2, 0) is 24.6 Å². The van der Waals surface area contributed by atoms with Crippen LogP contribution in [0.1, 0.15) is 35.4 Å². The highest BCUT2D eigenvalue weighted by Crippen LogP contribution is 2.65. The fraction of sp³-hybridized carbons (Fsp3) is 0.250. The summed E-state index contributed by atoms with van der Waals surface area (Å²) in [6.07, 6.45) is 2.40. The average Bonchev–Trinajstić information content (AvgIpc) is 3.51. The molecule has 2 N–H and O–H groups in total. The van der Waals surface area contributed by atoms with Crippen molar-refractivity contribution in [1.82, 2.24) is 5.01 Å². The van der Waals surface area contributed by atoms with E-state index in [0.717, 1.165) is 19.7 Å². The molecule has 4 aliphatic rings. The van der Waals surface area contributed by atoms with E-state index in [1.807, 2.05) is 79.7 Å². The van der Waals surface area contributed by atoms with Crippen molar-refractivity contribution in [1.29, 1.82) is 0 Å². The van der Waals surface area contributed by atoms with Crippen LogP contribution in [0.2, 0.25) is 0 Å². The molecule has 1 saturated carbocycles. The van der Waals surface area contributed by atoms with E-state index in [1.165, 1.54) is 12.0 Å². The first-order valence-electron chi connectivity index (χ1n) is 16.7. The summed E-state index contributed by atoms with van der Waals surface area (Å²) >= 11 is 5.77. The Morgan fingerprint density at radius 2 is 1.61 bits per heavy atom. The summed E-state index contributed by atoms with van der Waals surface area (Å²) in [5, 5.41) is 13.0. The molecule has 0 spiro atoms. The minimum atomic E-state index is -1.52. The molecule has 6 unspecified atom stereocenters. The van der Waals surface area contributed by atoms with Crippen LogP contribution in [0.3, 0.4) is 0 Å². The van der Waals surface area contributed by atoms with E-state index in [-0.39, 0.29) is 36.2 Å². The molecule has 51 heavy (non-hydrogen) atoms. The van der Waals surface area contributed by atoms with Gasteiger partial charge in [-0.3, -0.25) is 29.5 Å². The van der Waals surface area contributed by atoms with Crippen molar-refractivity contribution in [2.45, 2.75) is 31.1 Å². The minimum Gasteiger partial charge on any atom is -0.504 e. The first kappa shape index (κ1) is 33.6. The Kier molecular flexibility index (Phi) is 8.33. The van der Waals surface area contributed by atoms with Crippen LogP contribution >= 0.6 is 38.5 Å². The molecule has 2 aliphatic carbocycles. The van der Waals surface area contributed by atoms with E-state index < -0.39 is 46.8 Å². The number of fused-ring (bicyclic) bond motifs is 4. The molecule has 4 aromatic rings. The van der Waals surface area contributed by atoms with Crippen LogP contribution in [0.5, 0.6) is 11.5 Å². The predicted octanol–water partition coefficient (Wildman–Crippen LogP) is 7.27. The summed E-state index contributed by atoms with van der Waals surface area (Å²) < 4.78 is 7.17. The first-order valence-corrected chi connectivity index (χ1v) is 18.6. The van der Waals surface area contributed by atoms with Crippen molar-refractivity contribution in [3.8, 4) is 11.5 Å². The monoisotopic (exact) mass is 857 g/mol. The number of phenols is 1. The van der Waals surface area contributed by atoms with Gasteiger partial charge in [-0.2, -0.15) is 5.01 Å². The van der Waals surface area contributed by atoms with Gasteiger partial charge in [0.05, 0.1) is 41.7 Å². The number of carbonyl (C=O) groups is 4. The number of imide groups is 2. The Hall–Kier alpha value is -4.49. The molecule has 258 valence electrons. The number of hydrogen-bond acceptors (Lipinski definition) is 7. The standard InChI is InChI=1S/C40H33BrIN3O6/c1-21-8-12-25(13-9-21)43-45-37(48)31-20-29-27(16-17-28-33(29)38(49)44(36(28)47)26-14-10-24(42)11-15-26)34(30-18-23(41)19-32(51-2)35(30)46)40(31,39(45)50)22-6-4-3-5-7-22/h3-16,18-19,28-29,31,33-34,43,46H,17,20H2,1-2H3. The molecule has 2 aliphatic heterocycles. The number of carbonyl (C=O) groups excluding carboxylic acids is 4. The third-order valence-electron chi connectivity index (χ3n) is 11.1. The zero-order valence-corrected chi connectivity index (χ0v) is 31.4. The molecule has 2 heterocycles. The van der Waals surface area contributed by atoms with E-state index in [2.05, 4.69) is 43.9 Å². The lowest BCUT2D eigenvalue weighted by molar-refractivity contribution is -0.138. The molecule has 9 nitrogen and oxygen atoms in total. The smallest absolute Gasteiger partial charge is 0.260 e. The lowest BCUT2D eigenvalue weighted by Gasteiger charge is -2.50. The minimum absolute atomic E-state index is 0.153. The number of methoxy groups -OCH3 is 1. The van der Waals surface area contributed by atoms with Gasteiger partial charge in [0, 0.05) is 19.5 Å². The summed E-state index contributed by atoms with van der Waals surface area (Å²) in [4.78, 5) is 60.0. The third-order valence-corrected chi connectivity index (χ3v) is 12.3. The highest BCUT2D eigenvalue weighted by atomic mass is 127. The van der Waals surface area contributed by atoms with E-state index in [0.29, 0.717) is 27.0 Å². The van der Waals surface area contributed by atoms with Gasteiger partial charge in [-0.05, 0) is 102 Å². The summed E-state index contributed by atoms with van der Waals surface area (Å²) in [5.41, 5.74) is 5.42. The number of nitrogens with zero attached hydrogens (tertiary/aromatic N) is 2. The number of benzene rings is 4. The number of aromatic hydroxyl groups is 1. The third kappa shape index (κ3) is 5.06. The topological polar surface area (TPSA) is 116 Å². The maximum absolute atomic E-state index is 15.3. The predicted molar refractivity (Wildman–Crippen MR) is 203 cm³/mol. The number of halogens is 2. The number of amides is 4. The van der Waals surface area contributed by atoms with Crippen molar-refractivity contribution in [3.63, 3.8) is 0 Å². The van der Waals surface area contributed by atoms with Crippen LogP contribution in [0.25, 0.3) is 0 Å². The van der Waals surface area contributed by atoms with Crippen LogP contribution < -0.4 is 15.1 Å². The maximum atomic E-state index is 15.3. The van der Waals surface area contributed by atoms with E-state index in [4.69, 9.17) is 4.74 Å². The van der Waals surface area contributed by atoms with Gasteiger partial charge in [0.1, 0.15) is 0 Å². The number of rotatable bonds is 6. The second-order valence-corrected chi connectivity index (χ2v) is 15.8. The lowest BCUT2D eigenvalue weighted by atomic mass is 9.49. The fourth-order valence-corrected chi connectivity index (χ4v) is 9.72. The number of aryl methyl sites for hydroxylation is 1. The van der Waals surface area contributed by atoms with E-state index >= 15 is 4.79 Å². The molecule has 0 aromatic heterocycles. The van der Waals surface area contributed by atoms with Gasteiger partial charge in [-0.15, -0.1) is 0 Å². The zero-order chi connectivity index (χ0) is 35.8. The van der Waals surface area contributed by atoms with Gasteiger partial charge >= 0.3 is 0 Å². The van der Waals surface area contributed by atoms with Gasteiger partial charge in [0.25, 0.3) is 11.8 Å². The van der Waals surface area contributed by atoms with Crippen LogP contribution in [0.4, 0.5) is 11.4 Å². The Morgan fingerprint density at radius 1 is 0.902 bits per heavy atom. The number of phenolic OH excluding ortho intramolecular Hbond substituents is 1. The molecule has 2 saturated heterocycles. The zero-order valence-electron chi connectivity index (χ0n) is 27.7. The first-order chi connectivity index (χ1) is 24.6. The second kappa shape index (κ2) is 12.6. The largest absolute Gasteiger partial charge is 0.504 e. The molecule has 3 fully saturated rings. The van der Waals surface area contributed by atoms with Crippen molar-refractivity contribution >= 4 is 73.5 Å². The number of ether oxygens (including phenoxy) is 1. The molecule has 11 heteroatoms. The van der Waals surface area contributed by atoms with Crippen molar-refractivity contribution in [3.05, 3.63) is 127 Å². The van der Waals surface area contributed by atoms with Crippen LogP contribution in [0, 0.1) is 34.2 Å². The summed E-state index contributed by atoms with van der Waals surface area (Å²) in [5.74, 6) is -5.28. The number of hydrazine groups is 1. The van der Waals surface area contributed by atoms with Gasteiger partial charge < -0.3 is 9.84 Å². The van der Waals surface area contributed by atoms with E-state index in [1.54, 1.807) is 24.3 Å². The molecule has 4 aromatic carbocycles. The normalized spacial score (nSPS) is 26.8.